The molecule has 0 radical (unpaired) electrons. The maximum absolute atomic E-state index is 5.81. The number of ether oxygens (including phenoxy) is 1. The van der Waals surface area contributed by atoms with Crippen molar-refractivity contribution < 1.29 is 4.74 Å². The molecule has 0 saturated carbocycles. The molecule has 1 saturated heterocycles. The van der Waals surface area contributed by atoms with Gasteiger partial charge in [-0.25, -0.2) is 4.98 Å². The topological polar surface area (TPSA) is 25.4 Å². The van der Waals surface area contributed by atoms with Gasteiger partial charge in [0, 0.05) is 19.0 Å². The fourth-order valence-corrected chi connectivity index (χ4v) is 3.59. The smallest absolute Gasteiger partial charge is 0.110 e. The van der Waals surface area contributed by atoms with Crippen LogP contribution in [0.15, 0.2) is 5.38 Å². The minimum Gasteiger partial charge on any atom is -0.380 e. The number of thiazole rings is 1. The second-order valence-electron chi connectivity index (χ2n) is 5.02. The maximum atomic E-state index is 5.81. The number of likely N-dealkylation sites (tertiary alicyclic amines) is 1. The van der Waals surface area contributed by atoms with Crippen molar-refractivity contribution in [1.82, 2.24) is 9.88 Å². The number of piperidine rings is 1. The molecule has 0 aromatic carbocycles. The van der Waals surface area contributed by atoms with E-state index in [2.05, 4.69) is 29.1 Å². The van der Waals surface area contributed by atoms with Crippen molar-refractivity contribution in [2.75, 3.05) is 20.2 Å². The molecule has 0 aliphatic carbocycles. The molecule has 0 spiro atoms. The van der Waals surface area contributed by atoms with Crippen LogP contribution in [-0.2, 0) is 10.6 Å². The molecule has 3 unspecified atom stereocenters. The molecule has 18 heavy (non-hydrogen) atoms. The number of halogens is 1. The number of hydrogen-bond acceptors (Lipinski definition) is 4. The van der Waals surface area contributed by atoms with Crippen LogP contribution in [0.4, 0.5) is 0 Å². The first-order valence-corrected chi connectivity index (χ1v) is 7.84. The summed E-state index contributed by atoms with van der Waals surface area (Å²) in [6, 6.07) is 0.358. The standard InChI is InChI=1S/C13H21ClN2OS/c1-9-4-5-16(7-12(9)17-3)10(2)13-15-11(6-14)8-18-13/h8-10,12H,4-7H2,1-3H3. The summed E-state index contributed by atoms with van der Waals surface area (Å²) in [5, 5.41) is 3.22. The van der Waals surface area contributed by atoms with E-state index in [1.165, 1.54) is 6.42 Å². The zero-order valence-corrected chi connectivity index (χ0v) is 12.8. The summed E-state index contributed by atoms with van der Waals surface area (Å²) in [6.45, 7) is 6.61. The largest absolute Gasteiger partial charge is 0.380 e. The van der Waals surface area contributed by atoms with Crippen LogP contribution in [0.25, 0.3) is 0 Å². The Balaban J connectivity index is 2.02. The summed E-state index contributed by atoms with van der Waals surface area (Å²) in [5.74, 6) is 1.15. The van der Waals surface area contributed by atoms with Gasteiger partial charge in [0.25, 0.3) is 0 Å². The third-order valence-electron chi connectivity index (χ3n) is 3.84. The van der Waals surface area contributed by atoms with Gasteiger partial charge in [-0.3, -0.25) is 4.90 Å². The van der Waals surface area contributed by atoms with Crippen molar-refractivity contribution in [2.24, 2.45) is 5.92 Å². The zero-order chi connectivity index (χ0) is 13.1. The summed E-state index contributed by atoms with van der Waals surface area (Å²) < 4.78 is 5.57. The molecule has 2 heterocycles. The van der Waals surface area contributed by atoms with Gasteiger partial charge in [0.05, 0.1) is 23.7 Å². The van der Waals surface area contributed by atoms with Gasteiger partial charge in [-0.05, 0) is 25.8 Å². The van der Waals surface area contributed by atoms with Crippen LogP contribution in [0.1, 0.15) is 37.0 Å². The van der Waals surface area contributed by atoms with Crippen molar-refractivity contribution in [1.29, 1.82) is 0 Å². The zero-order valence-electron chi connectivity index (χ0n) is 11.2. The summed E-state index contributed by atoms with van der Waals surface area (Å²) in [4.78, 5) is 7.04. The van der Waals surface area contributed by atoms with E-state index in [9.17, 15) is 0 Å². The highest BCUT2D eigenvalue weighted by Crippen LogP contribution is 2.29. The number of hydrogen-bond donors (Lipinski definition) is 0. The molecule has 3 atom stereocenters. The molecule has 2 rings (SSSR count). The SMILES string of the molecule is COC1CN(C(C)c2nc(CCl)cs2)CCC1C. The Kier molecular flexibility index (Phi) is 5.01. The van der Waals surface area contributed by atoms with Crippen molar-refractivity contribution >= 4 is 22.9 Å². The van der Waals surface area contributed by atoms with Gasteiger partial charge in [0.15, 0.2) is 0 Å². The highest BCUT2D eigenvalue weighted by Gasteiger charge is 2.30. The summed E-state index contributed by atoms with van der Waals surface area (Å²) in [7, 11) is 1.81. The van der Waals surface area contributed by atoms with Crippen LogP contribution >= 0.6 is 22.9 Å². The van der Waals surface area contributed by atoms with E-state index in [1.54, 1.807) is 11.3 Å². The first-order chi connectivity index (χ1) is 8.65. The lowest BCUT2D eigenvalue weighted by molar-refractivity contribution is -0.0170. The highest BCUT2D eigenvalue weighted by atomic mass is 35.5. The van der Waals surface area contributed by atoms with Crippen LogP contribution < -0.4 is 0 Å². The molecule has 0 N–H and O–H groups in total. The summed E-state index contributed by atoms with van der Waals surface area (Å²) in [5.41, 5.74) is 0.984. The van der Waals surface area contributed by atoms with Gasteiger partial charge in [0.2, 0.25) is 0 Å². The first kappa shape index (κ1) is 14.3. The lowest BCUT2D eigenvalue weighted by Crippen LogP contribution is -2.44. The summed E-state index contributed by atoms with van der Waals surface area (Å²) in [6.07, 6.45) is 1.53. The number of aromatic nitrogens is 1. The molecular weight excluding hydrogens is 268 g/mol. The molecular formula is C13H21ClN2OS. The van der Waals surface area contributed by atoms with E-state index in [0.29, 0.717) is 23.9 Å². The lowest BCUT2D eigenvalue weighted by Gasteiger charge is -2.38. The van der Waals surface area contributed by atoms with E-state index in [0.717, 1.165) is 23.8 Å². The molecule has 1 aromatic rings. The number of alkyl halides is 1. The number of nitrogens with zero attached hydrogens (tertiary/aromatic N) is 2. The monoisotopic (exact) mass is 288 g/mol. The Morgan fingerprint density at radius 2 is 2.44 bits per heavy atom. The lowest BCUT2D eigenvalue weighted by atomic mass is 9.95. The van der Waals surface area contributed by atoms with Gasteiger partial charge in [-0.1, -0.05) is 6.92 Å². The van der Waals surface area contributed by atoms with E-state index in [4.69, 9.17) is 16.3 Å². The Bertz CT molecular complexity index is 385. The molecule has 0 amide bonds. The van der Waals surface area contributed by atoms with Crippen LogP contribution in [0.5, 0.6) is 0 Å². The molecule has 5 heteroatoms. The Hall–Kier alpha value is -0.160. The average Bonchev–Trinajstić information content (AvgIpc) is 2.87. The molecule has 1 aromatic heterocycles. The van der Waals surface area contributed by atoms with Crippen LogP contribution in [-0.4, -0.2) is 36.2 Å². The third kappa shape index (κ3) is 3.05. The molecule has 102 valence electrons. The van der Waals surface area contributed by atoms with Gasteiger partial charge in [-0.15, -0.1) is 22.9 Å². The Labute approximate surface area is 118 Å². The highest BCUT2D eigenvalue weighted by molar-refractivity contribution is 7.09. The minimum absolute atomic E-state index is 0.341. The quantitative estimate of drug-likeness (QED) is 0.795. The fraction of sp³-hybridized carbons (Fsp3) is 0.769. The maximum Gasteiger partial charge on any atom is 0.110 e. The van der Waals surface area contributed by atoms with Crippen LogP contribution in [0, 0.1) is 5.92 Å². The molecule has 1 aliphatic rings. The molecule has 1 aliphatic heterocycles. The van der Waals surface area contributed by atoms with Crippen LogP contribution in [0.2, 0.25) is 0 Å². The predicted octanol–water partition coefficient (Wildman–Crippen LogP) is 3.30. The molecule has 3 nitrogen and oxygen atoms in total. The van der Waals surface area contributed by atoms with Crippen LogP contribution in [0.3, 0.4) is 0 Å². The summed E-state index contributed by atoms with van der Waals surface area (Å²) >= 11 is 7.51. The van der Waals surface area contributed by atoms with E-state index < -0.39 is 0 Å². The van der Waals surface area contributed by atoms with Gasteiger partial charge in [-0.2, -0.15) is 0 Å². The fourth-order valence-electron chi connectivity index (χ4n) is 2.45. The number of rotatable bonds is 4. The third-order valence-corrected chi connectivity index (χ3v) is 5.17. The second-order valence-corrected chi connectivity index (χ2v) is 6.18. The number of methoxy groups -OCH3 is 1. The predicted molar refractivity (Wildman–Crippen MR) is 76.2 cm³/mol. The van der Waals surface area contributed by atoms with Crippen molar-refractivity contribution in [3.8, 4) is 0 Å². The Morgan fingerprint density at radius 1 is 1.67 bits per heavy atom. The average molecular weight is 289 g/mol. The normalized spacial score (nSPS) is 27.3. The van der Waals surface area contributed by atoms with Gasteiger partial charge < -0.3 is 4.74 Å². The van der Waals surface area contributed by atoms with Gasteiger partial charge >= 0.3 is 0 Å². The van der Waals surface area contributed by atoms with Crippen molar-refractivity contribution in [3.05, 3.63) is 16.1 Å². The first-order valence-electron chi connectivity index (χ1n) is 6.42. The second kappa shape index (κ2) is 6.33. The molecule has 0 bridgehead atoms. The van der Waals surface area contributed by atoms with Gasteiger partial charge in [0.1, 0.15) is 5.01 Å². The van der Waals surface area contributed by atoms with E-state index in [-0.39, 0.29) is 0 Å². The van der Waals surface area contributed by atoms with Crippen molar-refractivity contribution in [2.45, 2.75) is 38.3 Å². The van der Waals surface area contributed by atoms with E-state index in [1.807, 2.05) is 7.11 Å². The minimum atomic E-state index is 0.341. The van der Waals surface area contributed by atoms with E-state index >= 15 is 0 Å². The molecule has 1 fully saturated rings. The Morgan fingerprint density at radius 3 is 3.06 bits per heavy atom. The van der Waals surface area contributed by atoms with Crippen molar-refractivity contribution in [3.63, 3.8) is 0 Å².